The van der Waals surface area contributed by atoms with Crippen molar-refractivity contribution in [1.29, 1.82) is 0 Å². The maximum atomic E-state index is 13.7. The van der Waals surface area contributed by atoms with Crippen molar-refractivity contribution >= 4 is 17.6 Å². The fourth-order valence-electron chi connectivity index (χ4n) is 2.44. The van der Waals surface area contributed by atoms with Crippen molar-refractivity contribution in [2.75, 3.05) is 0 Å². The Morgan fingerprint density at radius 3 is 2.56 bits per heavy atom. The van der Waals surface area contributed by atoms with E-state index in [1.165, 1.54) is 18.2 Å². The van der Waals surface area contributed by atoms with Crippen LogP contribution in [0, 0.1) is 5.82 Å². The average molecular weight is 243 g/mol. The van der Waals surface area contributed by atoms with Gasteiger partial charge in [0.15, 0.2) is 0 Å². The van der Waals surface area contributed by atoms with Gasteiger partial charge in [0, 0.05) is 10.6 Å². The minimum Gasteiger partial charge on any atom is -0.481 e. The van der Waals surface area contributed by atoms with Gasteiger partial charge in [-0.1, -0.05) is 24.4 Å². The van der Waals surface area contributed by atoms with E-state index >= 15 is 0 Å². The van der Waals surface area contributed by atoms with Crippen LogP contribution in [-0.2, 0) is 10.2 Å². The monoisotopic (exact) mass is 242 g/mol. The highest BCUT2D eigenvalue weighted by Gasteiger charge is 2.44. The molecule has 0 aromatic heterocycles. The predicted octanol–water partition coefficient (Wildman–Crippen LogP) is 3.38. The molecule has 86 valence electrons. The molecular formula is C12H12ClFO2. The van der Waals surface area contributed by atoms with E-state index in [-0.39, 0.29) is 5.56 Å². The smallest absolute Gasteiger partial charge is 0.314 e. The summed E-state index contributed by atoms with van der Waals surface area (Å²) in [5.41, 5.74) is -0.848. The van der Waals surface area contributed by atoms with Crippen LogP contribution < -0.4 is 0 Å². The van der Waals surface area contributed by atoms with Crippen LogP contribution >= 0.6 is 11.6 Å². The highest BCUT2D eigenvalue weighted by atomic mass is 35.5. The molecule has 16 heavy (non-hydrogen) atoms. The van der Waals surface area contributed by atoms with Gasteiger partial charge in [-0.3, -0.25) is 4.79 Å². The van der Waals surface area contributed by atoms with E-state index in [0.717, 1.165) is 12.8 Å². The van der Waals surface area contributed by atoms with Crippen LogP contribution in [0.3, 0.4) is 0 Å². The molecule has 0 aliphatic heterocycles. The van der Waals surface area contributed by atoms with Gasteiger partial charge in [0.05, 0.1) is 5.41 Å². The van der Waals surface area contributed by atoms with Crippen LogP contribution in [-0.4, -0.2) is 11.1 Å². The lowest BCUT2D eigenvalue weighted by atomic mass is 9.78. The summed E-state index contributed by atoms with van der Waals surface area (Å²) in [4.78, 5) is 11.4. The van der Waals surface area contributed by atoms with Crippen molar-refractivity contribution < 1.29 is 14.3 Å². The molecule has 0 amide bonds. The van der Waals surface area contributed by atoms with Crippen LogP contribution in [0.5, 0.6) is 0 Å². The zero-order valence-corrected chi connectivity index (χ0v) is 9.43. The lowest BCUT2D eigenvalue weighted by Crippen LogP contribution is -2.33. The van der Waals surface area contributed by atoms with Crippen LogP contribution in [0.4, 0.5) is 4.39 Å². The van der Waals surface area contributed by atoms with Crippen molar-refractivity contribution in [2.24, 2.45) is 0 Å². The van der Waals surface area contributed by atoms with E-state index in [9.17, 15) is 14.3 Å². The summed E-state index contributed by atoms with van der Waals surface area (Å²) in [6, 6.07) is 4.11. The largest absolute Gasteiger partial charge is 0.481 e. The number of carboxylic acids is 1. The first kappa shape index (κ1) is 11.4. The number of halogens is 2. The summed E-state index contributed by atoms with van der Waals surface area (Å²) in [7, 11) is 0. The van der Waals surface area contributed by atoms with E-state index < -0.39 is 17.2 Å². The molecular weight excluding hydrogens is 231 g/mol. The first-order valence-electron chi connectivity index (χ1n) is 5.25. The molecule has 0 saturated heterocycles. The Kier molecular flexibility index (Phi) is 2.89. The topological polar surface area (TPSA) is 37.3 Å². The Bertz CT molecular complexity index is 425. The summed E-state index contributed by atoms with van der Waals surface area (Å²) in [5, 5.41) is 9.70. The molecule has 1 N–H and O–H groups in total. The van der Waals surface area contributed by atoms with Gasteiger partial charge in [0.25, 0.3) is 0 Å². The standard InChI is InChI=1S/C12H12ClFO2/c13-8-3-4-10(14)9(7-8)12(11(15)16)5-1-2-6-12/h3-4,7H,1-2,5-6H2,(H,15,16). The Morgan fingerprint density at radius 1 is 1.38 bits per heavy atom. The third kappa shape index (κ3) is 1.69. The summed E-state index contributed by atoms with van der Waals surface area (Å²) in [5.74, 6) is -1.43. The van der Waals surface area contributed by atoms with Gasteiger partial charge in [-0.25, -0.2) is 4.39 Å². The molecule has 1 saturated carbocycles. The number of hydrogen-bond donors (Lipinski definition) is 1. The van der Waals surface area contributed by atoms with Crippen LogP contribution in [0.1, 0.15) is 31.2 Å². The highest BCUT2D eigenvalue weighted by Crippen LogP contribution is 2.43. The van der Waals surface area contributed by atoms with Crippen LogP contribution in [0.25, 0.3) is 0 Å². The molecule has 4 heteroatoms. The average Bonchev–Trinajstić information content (AvgIpc) is 2.71. The quantitative estimate of drug-likeness (QED) is 0.863. The van der Waals surface area contributed by atoms with E-state index in [2.05, 4.69) is 0 Å². The fourth-order valence-corrected chi connectivity index (χ4v) is 2.61. The normalized spacial score (nSPS) is 18.6. The Morgan fingerprint density at radius 2 is 2.00 bits per heavy atom. The first-order valence-corrected chi connectivity index (χ1v) is 5.63. The van der Waals surface area contributed by atoms with Crippen LogP contribution in [0.2, 0.25) is 5.02 Å². The van der Waals surface area contributed by atoms with E-state index in [1.807, 2.05) is 0 Å². The Balaban J connectivity index is 2.55. The van der Waals surface area contributed by atoms with Crippen molar-refractivity contribution in [3.05, 3.63) is 34.6 Å². The van der Waals surface area contributed by atoms with E-state index in [0.29, 0.717) is 17.9 Å². The lowest BCUT2D eigenvalue weighted by molar-refractivity contribution is -0.143. The van der Waals surface area contributed by atoms with E-state index in [4.69, 9.17) is 11.6 Å². The van der Waals surface area contributed by atoms with Crippen molar-refractivity contribution in [3.8, 4) is 0 Å². The molecule has 2 rings (SSSR count). The van der Waals surface area contributed by atoms with E-state index in [1.54, 1.807) is 0 Å². The van der Waals surface area contributed by atoms with Gasteiger partial charge in [-0.05, 0) is 31.0 Å². The minimum absolute atomic E-state index is 0.227. The minimum atomic E-state index is -1.07. The molecule has 1 aromatic carbocycles. The van der Waals surface area contributed by atoms with Gasteiger partial charge in [0.1, 0.15) is 5.82 Å². The molecule has 0 spiro atoms. The highest BCUT2D eigenvalue weighted by molar-refractivity contribution is 6.30. The van der Waals surface area contributed by atoms with Gasteiger partial charge in [-0.15, -0.1) is 0 Å². The van der Waals surface area contributed by atoms with Crippen molar-refractivity contribution in [2.45, 2.75) is 31.1 Å². The molecule has 0 unspecified atom stereocenters. The second-order valence-corrected chi connectivity index (χ2v) is 4.65. The second-order valence-electron chi connectivity index (χ2n) is 4.22. The molecule has 0 radical (unpaired) electrons. The number of hydrogen-bond acceptors (Lipinski definition) is 1. The zero-order valence-electron chi connectivity index (χ0n) is 8.67. The molecule has 2 nitrogen and oxygen atoms in total. The third-order valence-electron chi connectivity index (χ3n) is 3.31. The lowest BCUT2D eigenvalue weighted by Gasteiger charge is -2.24. The molecule has 1 aromatic rings. The van der Waals surface area contributed by atoms with Crippen molar-refractivity contribution in [1.82, 2.24) is 0 Å². The molecule has 0 atom stereocenters. The van der Waals surface area contributed by atoms with Crippen LogP contribution in [0.15, 0.2) is 18.2 Å². The Hall–Kier alpha value is -1.09. The maximum absolute atomic E-state index is 13.7. The molecule has 1 fully saturated rings. The van der Waals surface area contributed by atoms with Gasteiger partial charge in [0.2, 0.25) is 0 Å². The summed E-state index contributed by atoms with van der Waals surface area (Å²) in [6.45, 7) is 0. The summed E-state index contributed by atoms with van der Waals surface area (Å²) >= 11 is 5.80. The predicted molar refractivity (Wildman–Crippen MR) is 59.2 cm³/mol. The summed E-state index contributed by atoms with van der Waals surface area (Å²) < 4.78 is 13.7. The zero-order chi connectivity index (χ0) is 11.8. The first-order chi connectivity index (χ1) is 7.56. The van der Waals surface area contributed by atoms with Crippen molar-refractivity contribution in [3.63, 3.8) is 0 Å². The van der Waals surface area contributed by atoms with Gasteiger partial charge in [-0.2, -0.15) is 0 Å². The Labute approximate surface area is 98.0 Å². The number of benzene rings is 1. The van der Waals surface area contributed by atoms with Gasteiger partial charge < -0.3 is 5.11 Å². The molecule has 1 aliphatic carbocycles. The maximum Gasteiger partial charge on any atom is 0.314 e. The summed E-state index contributed by atoms with van der Waals surface area (Å²) in [6.07, 6.45) is 2.61. The molecule has 0 heterocycles. The number of carboxylic acid groups (broad SMARTS) is 1. The number of carbonyl (C=O) groups is 1. The number of aliphatic carboxylic acids is 1. The molecule has 0 bridgehead atoms. The second kappa shape index (κ2) is 4.06. The number of rotatable bonds is 2. The SMILES string of the molecule is O=C(O)C1(c2cc(Cl)ccc2F)CCCC1. The molecule has 1 aliphatic rings. The third-order valence-corrected chi connectivity index (χ3v) is 3.55. The fraction of sp³-hybridized carbons (Fsp3) is 0.417. The van der Waals surface area contributed by atoms with Gasteiger partial charge >= 0.3 is 5.97 Å².